The van der Waals surface area contributed by atoms with Crippen molar-refractivity contribution in [1.29, 1.82) is 0 Å². The van der Waals surface area contributed by atoms with E-state index in [0.717, 1.165) is 24.4 Å². The van der Waals surface area contributed by atoms with E-state index >= 15 is 0 Å². The number of nitrogens with one attached hydrogen (secondary N) is 2. The first-order chi connectivity index (χ1) is 14.3. The molecule has 1 atom stereocenters. The van der Waals surface area contributed by atoms with Gasteiger partial charge in [0, 0.05) is 31.9 Å². The third kappa shape index (κ3) is 5.44. The van der Waals surface area contributed by atoms with E-state index in [1.54, 1.807) is 24.3 Å². The Morgan fingerprint density at radius 3 is 2.29 bits per heavy atom. The van der Waals surface area contributed by atoms with Gasteiger partial charge >= 0.3 is 0 Å². The first kappa shape index (κ1) is 24.8. The number of rotatable bonds is 7. The highest BCUT2D eigenvalue weighted by molar-refractivity contribution is 14.0. The van der Waals surface area contributed by atoms with E-state index < -0.39 is 0 Å². The normalized spacial score (nSPS) is 14.4. The van der Waals surface area contributed by atoms with Crippen LogP contribution >= 0.6 is 24.0 Å². The summed E-state index contributed by atoms with van der Waals surface area (Å²) < 4.78 is 1.90. The molecule has 31 heavy (non-hydrogen) atoms. The van der Waals surface area contributed by atoms with Crippen LogP contribution in [-0.4, -0.2) is 58.1 Å². The van der Waals surface area contributed by atoms with Gasteiger partial charge in [0.2, 0.25) is 0 Å². The van der Waals surface area contributed by atoms with Crippen LogP contribution in [0.3, 0.4) is 0 Å². The maximum atomic E-state index is 12.5. The Kier molecular flexibility index (Phi) is 8.60. The number of hydrogen-bond donors (Lipinski definition) is 2. The lowest BCUT2D eigenvalue weighted by atomic mass is 10.1. The highest BCUT2D eigenvalue weighted by atomic mass is 127. The molecule has 0 radical (unpaired) electrons. The fourth-order valence-electron chi connectivity index (χ4n) is 3.73. The molecule has 0 saturated heterocycles. The summed E-state index contributed by atoms with van der Waals surface area (Å²) in [5.74, 6) is 0.167. The number of guanidine groups is 1. The molecule has 0 saturated carbocycles. The van der Waals surface area contributed by atoms with Crippen molar-refractivity contribution in [2.24, 2.45) is 12.0 Å². The zero-order valence-corrected chi connectivity index (χ0v) is 21.1. The number of benzene rings is 1. The third-order valence-corrected chi connectivity index (χ3v) is 5.37. The van der Waals surface area contributed by atoms with E-state index in [9.17, 15) is 9.59 Å². The zero-order valence-electron chi connectivity index (χ0n) is 18.7. The maximum absolute atomic E-state index is 12.5. The van der Waals surface area contributed by atoms with Crippen molar-refractivity contribution in [2.45, 2.75) is 40.2 Å². The minimum atomic E-state index is -0.250. The molecule has 1 aliphatic rings. The lowest BCUT2D eigenvalue weighted by Gasteiger charge is -2.19. The van der Waals surface area contributed by atoms with Crippen molar-refractivity contribution < 1.29 is 9.59 Å². The molecule has 168 valence electrons. The van der Waals surface area contributed by atoms with Crippen molar-refractivity contribution >= 4 is 41.8 Å². The number of fused-ring (bicyclic) bond motifs is 1. The lowest BCUT2D eigenvalue weighted by molar-refractivity contribution is 0.0659. The Labute approximate surface area is 200 Å². The van der Waals surface area contributed by atoms with E-state index in [4.69, 9.17) is 0 Å². The monoisotopic (exact) mass is 538 g/mol. The summed E-state index contributed by atoms with van der Waals surface area (Å²) in [6.45, 7) is 9.50. The first-order valence-electron chi connectivity index (χ1n) is 10.3. The van der Waals surface area contributed by atoms with Crippen LogP contribution in [0.2, 0.25) is 0 Å². The molecule has 1 aliphatic heterocycles. The fraction of sp³-hybridized carbons (Fsp3) is 0.455. The van der Waals surface area contributed by atoms with Gasteiger partial charge in [0.05, 0.1) is 23.4 Å². The summed E-state index contributed by atoms with van der Waals surface area (Å²) in [7, 11) is 1.95. The third-order valence-electron chi connectivity index (χ3n) is 5.37. The Balaban J connectivity index is 0.00000341. The van der Waals surface area contributed by atoms with Gasteiger partial charge in [-0.2, -0.15) is 5.10 Å². The van der Waals surface area contributed by atoms with Crippen molar-refractivity contribution in [3.63, 3.8) is 0 Å². The molecule has 1 aromatic carbocycles. The smallest absolute Gasteiger partial charge is 0.261 e. The Hall–Kier alpha value is -2.43. The second-order valence-electron chi connectivity index (χ2n) is 7.59. The highest BCUT2D eigenvalue weighted by Gasteiger charge is 2.34. The number of aryl methyl sites for hydroxylation is 2. The summed E-state index contributed by atoms with van der Waals surface area (Å²) in [6, 6.07) is 7.06. The average Bonchev–Trinajstić information content (AvgIpc) is 3.10. The second-order valence-corrected chi connectivity index (χ2v) is 7.59. The standard InChI is InChI=1S/C22H30N6O2.HI/c1-6-23-22(25-14(2)13-19-15(3)26-27(5)16(19)4)24-11-12-28-20(29)17-9-7-8-10-18(17)21(28)30;/h7-10,14H,6,11-13H2,1-5H3,(H2,23,24,25);1H. The Morgan fingerprint density at radius 2 is 1.77 bits per heavy atom. The number of carbonyl (C=O) groups excluding carboxylic acids is 2. The predicted molar refractivity (Wildman–Crippen MR) is 132 cm³/mol. The van der Waals surface area contributed by atoms with Gasteiger partial charge in [-0.25, -0.2) is 0 Å². The predicted octanol–water partition coefficient (Wildman–Crippen LogP) is 2.44. The minimum absolute atomic E-state index is 0. The number of aromatic nitrogens is 2. The number of imide groups is 1. The number of hydrogen-bond acceptors (Lipinski definition) is 4. The fourth-order valence-corrected chi connectivity index (χ4v) is 3.73. The molecule has 0 spiro atoms. The Morgan fingerprint density at radius 1 is 1.16 bits per heavy atom. The summed E-state index contributed by atoms with van der Waals surface area (Å²) >= 11 is 0. The number of aliphatic imine (C=N–C) groups is 1. The molecule has 8 nitrogen and oxygen atoms in total. The second kappa shape index (κ2) is 10.7. The molecule has 3 rings (SSSR count). The summed E-state index contributed by atoms with van der Waals surface area (Å²) in [6.07, 6.45) is 0.828. The molecular weight excluding hydrogens is 507 g/mol. The summed E-state index contributed by atoms with van der Waals surface area (Å²) in [5, 5.41) is 11.1. The minimum Gasteiger partial charge on any atom is -0.357 e. The highest BCUT2D eigenvalue weighted by Crippen LogP contribution is 2.21. The van der Waals surface area contributed by atoms with Crippen molar-refractivity contribution in [2.75, 3.05) is 19.6 Å². The largest absolute Gasteiger partial charge is 0.357 e. The van der Waals surface area contributed by atoms with Crippen LogP contribution in [0.5, 0.6) is 0 Å². The van der Waals surface area contributed by atoms with Gasteiger partial charge in [0.1, 0.15) is 0 Å². The number of carbonyl (C=O) groups is 2. The van der Waals surface area contributed by atoms with Crippen molar-refractivity contribution in [3.05, 3.63) is 52.3 Å². The zero-order chi connectivity index (χ0) is 21.8. The van der Waals surface area contributed by atoms with E-state index in [0.29, 0.717) is 23.6 Å². The van der Waals surface area contributed by atoms with Gasteiger partial charge < -0.3 is 10.6 Å². The average molecular weight is 538 g/mol. The van der Waals surface area contributed by atoms with Crippen LogP contribution < -0.4 is 10.6 Å². The molecule has 2 amide bonds. The van der Waals surface area contributed by atoms with Crippen LogP contribution in [0.4, 0.5) is 0 Å². The van der Waals surface area contributed by atoms with E-state index in [2.05, 4.69) is 34.6 Å². The quantitative estimate of drug-likeness (QED) is 0.245. The molecule has 1 unspecified atom stereocenters. The van der Waals surface area contributed by atoms with E-state index in [1.165, 1.54) is 10.5 Å². The SMILES string of the molecule is CCNC(=NCCN1C(=O)c2ccccc2C1=O)NC(C)Cc1c(C)nn(C)c1C.I. The van der Waals surface area contributed by atoms with E-state index in [-0.39, 0.29) is 48.4 Å². The lowest BCUT2D eigenvalue weighted by Crippen LogP contribution is -2.43. The van der Waals surface area contributed by atoms with Crippen LogP contribution in [0, 0.1) is 13.8 Å². The van der Waals surface area contributed by atoms with Gasteiger partial charge in [-0.15, -0.1) is 24.0 Å². The van der Waals surface area contributed by atoms with Gasteiger partial charge in [0.15, 0.2) is 5.96 Å². The molecule has 1 aromatic heterocycles. The van der Waals surface area contributed by atoms with Crippen LogP contribution in [-0.2, 0) is 13.5 Å². The van der Waals surface area contributed by atoms with Gasteiger partial charge in [0.25, 0.3) is 11.8 Å². The number of halogens is 1. The van der Waals surface area contributed by atoms with E-state index in [1.807, 2.05) is 25.6 Å². The number of amides is 2. The molecule has 9 heteroatoms. The van der Waals surface area contributed by atoms with Gasteiger partial charge in [-0.3, -0.25) is 24.2 Å². The summed E-state index contributed by atoms with van der Waals surface area (Å²) in [4.78, 5) is 30.8. The first-order valence-corrected chi connectivity index (χ1v) is 10.3. The van der Waals surface area contributed by atoms with Crippen LogP contribution in [0.15, 0.2) is 29.3 Å². The molecule has 2 N–H and O–H groups in total. The van der Waals surface area contributed by atoms with Crippen LogP contribution in [0.25, 0.3) is 0 Å². The number of nitrogens with zero attached hydrogens (tertiary/aromatic N) is 4. The molecule has 0 bridgehead atoms. The van der Waals surface area contributed by atoms with Crippen LogP contribution in [0.1, 0.15) is 51.5 Å². The molecular formula is C22H31IN6O2. The topological polar surface area (TPSA) is 91.6 Å². The Bertz CT molecular complexity index is 949. The maximum Gasteiger partial charge on any atom is 0.261 e. The van der Waals surface area contributed by atoms with Gasteiger partial charge in [-0.05, 0) is 51.8 Å². The van der Waals surface area contributed by atoms with Gasteiger partial charge in [-0.1, -0.05) is 12.1 Å². The molecule has 2 aromatic rings. The summed E-state index contributed by atoms with van der Waals surface area (Å²) in [5.41, 5.74) is 4.36. The molecule has 0 fully saturated rings. The van der Waals surface area contributed by atoms with Crippen molar-refractivity contribution in [3.8, 4) is 0 Å². The molecule has 2 heterocycles. The van der Waals surface area contributed by atoms with Crippen molar-refractivity contribution in [1.82, 2.24) is 25.3 Å². The molecule has 0 aliphatic carbocycles.